The molecular weight excluding hydrogens is 418 g/mol. The van der Waals surface area contributed by atoms with Crippen molar-refractivity contribution in [1.82, 2.24) is 16.0 Å². The van der Waals surface area contributed by atoms with Gasteiger partial charge in [0.25, 0.3) is 5.91 Å². The number of hydrogen-bond donors (Lipinski definition) is 3. The van der Waals surface area contributed by atoms with Crippen LogP contribution in [-0.4, -0.2) is 49.8 Å². The van der Waals surface area contributed by atoms with Crippen molar-refractivity contribution in [3.8, 4) is 0 Å². The van der Waals surface area contributed by atoms with Gasteiger partial charge in [0.2, 0.25) is 0 Å². The van der Waals surface area contributed by atoms with Crippen molar-refractivity contribution in [2.45, 2.75) is 32.0 Å². The molecule has 3 atom stereocenters. The molecule has 0 bridgehead atoms. The summed E-state index contributed by atoms with van der Waals surface area (Å²) in [5.74, 6) is -1.71. The predicted molar refractivity (Wildman–Crippen MR) is 114 cm³/mol. The normalized spacial score (nSPS) is 17.9. The van der Waals surface area contributed by atoms with Crippen LogP contribution in [0.2, 0.25) is 0 Å². The molecule has 0 unspecified atom stereocenters. The molecule has 10 heteroatoms. The molecule has 1 aromatic carbocycles. The summed E-state index contributed by atoms with van der Waals surface area (Å²) < 4.78 is 14.9. The molecule has 0 aromatic heterocycles. The molecule has 0 saturated carbocycles. The van der Waals surface area contributed by atoms with E-state index >= 15 is 0 Å². The van der Waals surface area contributed by atoms with Crippen LogP contribution < -0.4 is 16.0 Å². The van der Waals surface area contributed by atoms with Gasteiger partial charge in [0.15, 0.2) is 0 Å². The van der Waals surface area contributed by atoms with Gasteiger partial charge < -0.3 is 24.8 Å². The molecule has 32 heavy (non-hydrogen) atoms. The molecule has 3 N–H and O–H groups in total. The average molecular weight is 445 g/mol. The van der Waals surface area contributed by atoms with Crippen LogP contribution in [0.15, 0.2) is 54.8 Å². The van der Waals surface area contributed by atoms with Crippen LogP contribution in [0.3, 0.4) is 0 Å². The quantitative estimate of drug-likeness (QED) is 0.228. The standard InChI is InChI=1S/C22H27N3O7/c1-3-31-12-11-18(26)24-21(28)23-17-10-9-16(13-17)19(20(27)30-2)25-22(29)32-14-15-7-5-4-6-8-15/h4-12,16-17,19H,3,13-14H2,1-2H3,(H,25,29)(H2,23,24,26,28)/b12-11+/t16-,17+,19-/m1/s1. The molecule has 0 spiro atoms. The van der Waals surface area contributed by atoms with E-state index in [1.165, 1.54) is 13.4 Å². The maximum absolute atomic E-state index is 12.2. The van der Waals surface area contributed by atoms with Crippen molar-refractivity contribution in [1.29, 1.82) is 0 Å². The number of nitrogens with one attached hydrogen (secondary N) is 3. The number of ether oxygens (including phenoxy) is 3. The lowest BCUT2D eigenvalue weighted by atomic mass is 9.98. The summed E-state index contributed by atoms with van der Waals surface area (Å²) in [6.07, 6.45) is 5.21. The van der Waals surface area contributed by atoms with Crippen LogP contribution in [0.4, 0.5) is 9.59 Å². The lowest BCUT2D eigenvalue weighted by Crippen LogP contribution is -2.47. The number of esters is 1. The van der Waals surface area contributed by atoms with Crippen molar-refractivity contribution in [3.05, 3.63) is 60.4 Å². The molecule has 1 aromatic rings. The Morgan fingerprint density at radius 1 is 1.16 bits per heavy atom. The number of imide groups is 1. The average Bonchev–Trinajstić information content (AvgIpc) is 3.24. The summed E-state index contributed by atoms with van der Waals surface area (Å²) in [6.45, 7) is 2.22. The highest BCUT2D eigenvalue weighted by Crippen LogP contribution is 2.22. The zero-order valence-corrected chi connectivity index (χ0v) is 17.9. The van der Waals surface area contributed by atoms with Gasteiger partial charge in [-0.05, 0) is 18.9 Å². The molecule has 2 rings (SSSR count). The number of amides is 4. The summed E-state index contributed by atoms with van der Waals surface area (Å²) >= 11 is 0. The van der Waals surface area contributed by atoms with Crippen molar-refractivity contribution in [3.63, 3.8) is 0 Å². The van der Waals surface area contributed by atoms with Gasteiger partial charge in [-0.3, -0.25) is 10.1 Å². The largest absolute Gasteiger partial charge is 0.501 e. The molecule has 0 fully saturated rings. The first kappa shape index (κ1) is 24.4. The third-order valence-corrected chi connectivity index (χ3v) is 4.52. The molecule has 172 valence electrons. The monoisotopic (exact) mass is 445 g/mol. The van der Waals surface area contributed by atoms with Crippen molar-refractivity contribution < 1.29 is 33.4 Å². The fourth-order valence-electron chi connectivity index (χ4n) is 3.01. The number of alkyl carbamates (subject to hydrolysis) is 1. The van der Waals surface area contributed by atoms with Crippen molar-refractivity contribution >= 4 is 24.0 Å². The Labute approximate surface area is 186 Å². The second-order valence-electron chi connectivity index (χ2n) is 6.82. The van der Waals surface area contributed by atoms with E-state index in [1.807, 2.05) is 30.3 Å². The van der Waals surface area contributed by atoms with E-state index in [0.717, 1.165) is 11.6 Å². The molecule has 0 radical (unpaired) electrons. The second kappa shape index (κ2) is 12.8. The molecule has 0 heterocycles. The number of urea groups is 1. The molecule has 0 saturated heterocycles. The molecule has 1 aliphatic carbocycles. The fraction of sp³-hybridized carbons (Fsp3) is 0.364. The van der Waals surface area contributed by atoms with Crippen molar-refractivity contribution in [2.75, 3.05) is 13.7 Å². The summed E-state index contributed by atoms with van der Waals surface area (Å²) in [6, 6.07) is 6.97. The van der Waals surface area contributed by atoms with Crippen LogP contribution in [-0.2, 0) is 30.4 Å². The van der Waals surface area contributed by atoms with Gasteiger partial charge in [0.05, 0.1) is 20.0 Å². The minimum absolute atomic E-state index is 0.0528. The number of carbonyl (C=O) groups excluding carboxylic acids is 4. The number of benzene rings is 1. The van der Waals surface area contributed by atoms with Crippen LogP contribution in [0.25, 0.3) is 0 Å². The SMILES string of the molecule is CCO/C=C/C(=O)NC(=O)N[C@H]1C=C[C@@H]([C@@H](NC(=O)OCc2ccccc2)C(=O)OC)C1. The van der Waals surface area contributed by atoms with Gasteiger partial charge >= 0.3 is 18.1 Å². The minimum atomic E-state index is -0.995. The van der Waals surface area contributed by atoms with E-state index in [0.29, 0.717) is 13.0 Å². The van der Waals surface area contributed by atoms with E-state index < -0.39 is 42.0 Å². The fourth-order valence-corrected chi connectivity index (χ4v) is 3.01. The summed E-state index contributed by atoms with van der Waals surface area (Å²) in [5, 5.41) is 7.27. The number of rotatable bonds is 9. The third-order valence-electron chi connectivity index (χ3n) is 4.52. The van der Waals surface area contributed by atoms with Crippen molar-refractivity contribution in [2.24, 2.45) is 5.92 Å². The highest BCUT2D eigenvalue weighted by atomic mass is 16.6. The third kappa shape index (κ3) is 8.13. The molecular formula is C22H27N3O7. The van der Waals surface area contributed by atoms with E-state index in [2.05, 4.69) is 16.0 Å². The predicted octanol–water partition coefficient (Wildman–Crippen LogP) is 1.78. The molecule has 4 amide bonds. The van der Waals surface area contributed by atoms with E-state index in [-0.39, 0.29) is 6.61 Å². The summed E-state index contributed by atoms with van der Waals surface area (Å²) in [5.41, 5.74) is 0.805. The second-order valence-corrected chi connectivity index (χ2v) is 6.82. The molecule has 10 nitrogen and oxygen atoms in total. The smallest absolute Gasteiger partial charge is 0.408 e. The van der Waals surface area contributed by atoms with Gasteiger partial charge in [-0.25, -0.2) is 14.4 Å². The number of methoxy groups -OCH3 is 1. The first-order valence-corrected chi connectivity index (χ1v) is 10.1. The van der Waals surface area contributed by atoms with Crippen LogP contribution in [0.1, 0.15) is 18.9 Å². The van der Waals surface area contributed by atoms with Gasteiger partial charge in [0.1, 0.15) is 12.6 Å². The Morgan fingerprint density at radius 3 is 2.59 bits per heavy atom. The zero-order valence-electron chi connectivity index (χ0n) is 17.9. The van der Waals surface area contributed by atoms with Gasteiger partial charge in [-0.2, -0.15) is 0 Å². The van der Waals surface area contributed by atoms with Gasteiger partial charge in [0, 0.05) is 18.0 Å². The number of hydrogen-bond acceptors (Lipinski definition) is 7. The molecule has 0 aliphatic heterocycles. The highest BCUT2D eigenvalue weighted by Gasteiger charge is 2.34. The summed E-state index contributed by atoms with van der Waals surface area (Å²) in [7, 11) is 1.22. The van der Waals surface area contributed by atoms with E-state index in [1.54, 1.807) is 19.1 Å². The Bertz CT molecular complexity index is 854. The maximum atomic E-state index is 12.2. The number of carbonyl (C=O) groups is 4. The highest BCUT2D eigenvalue weighted by molar-refractivity contribution is 6.00. The lowest BCUT2D eigenvalue weighted by molar-refractivity contribution is -0.144. The first-order chi connectivity index (χ1) is 15.4. The molecule has 1 aliphatic rings. The van der Waals surface area contributed by atoms with E-state index in [4.69, 9.17) is 14.2 Å². The Hall–Kier alpha value is -3.82. The first-order valence-electron chi connectivity index (χ1n) is 10.1. The minimum Gasteiger partial charge on any atom is -0.501 e. The Morgan fingerprint density at radius 2 is 1.91 bits per heavy atom. The van der Waals surface area contributed by atoms with Gasteiger partial charge in [-0.15, -0.1) is 0 Å². The Balaban J connectivity index is 1.85. The van der Waals surface area contributed by atoms with Crippen LogP contribution in [0, 0.1) is 5.92 Å². The lowest BCUT2D eigenvalue weighted by Gasteiger charge is -2.22. The zero-order chi connectivity index (χ0) is 23.3. The van der Waals surface area contributed by atoms with Crippen LogP contribution in [0.5, 0.6) is 0 Å². The van der Waals surface area contributed by atoms with Crippen LogP contribution >= 0.6 is 0 Å². The summed E-state index contributed by atoms with van der Waals surface area (Å²) in [4.78, 5) is 48.0. The Kier molecular flexibility index (Phi) is 9.76. The van der Waals surface area contributed by atoms with E-state index in [9.17, 15) is 19.2 Å². The van der Waals surface area contributed by atoms with Gasteiger partial charge in [-0.1, -0.05) is 42.5 Å². The topological polar surface area (TPSA) is 132 Å². The maximum Gasteiger partial charge on any atom is 0.408 e.